The van der Waals surface area contributed by atoms with E-state index in [9.17, 15) is 14.0 Å². The van der Waals surface area contributed by atoms with E-state index in [-0.39, 0.29) is 17.1 Å². The van der Waals surface area contributed by atoms with Crippen LogP contribution < -0.4 is 10.1 Å². The Labute approximate surface area is 131 Å². The van der Waals surface area contributed by atoms with Crippen LogP contribution in [-0.2, 0) is 11.2 Å². The average molecular weight is 321 g/mol. The lowest BCUT2D eigenvalue weighted by Crippen LogP contribution is -2.16. The third-order valence-corrected chi connectivity index (χ3v) is 3.08. The second-order valence-corrected chi connectivity index (χ2v) is 4.82. The van der Waals surface area contributed by atoms with Crippen molar-refractivity contribution in [3.63, 3.8) is 0 Å². The first kappa shape index (κ1) is 16.5. The van der Waals surface area contributed by atoms with Crippen LogP contribution in [0.1, 0.15) is 28.6 Å². The maximum atomic E-state index is 13.3. The maximum absolute atomic E-state index is 13.3. The number of ether oxygens (including phenoxy) is 1. The Bertz CT molecular complexity index is 738. The number of halogens is 1. The minimum atomic E-state index is -1.11. The molecule has 0 fully saturated rings. The first-order chi connectivity index (χ1) is 10.9. The van der Waals surface area contributed by atoms with Crippen LogP contribution in [0.4, 0.5) is 10.1 Å². The number of carbonyl (C=O) groups excluding carboxylic acids is 1. The van der Waals surface area contributed by atoms with Crippen molar-refractivity contribution in [3.05, 3.63) is 47.2 Å². The third kappa shape index (κ3) is 3.88. The quantitative estimate of drug-likeness (QED) is 0.854. The molecule has 122 valence electrons. The van der Waals surface area contributed by atoms with Gasteiger partial charge in [-0.15, -0.1) is 0 Å². The van der Waals surface area contributed by atoms with Gasteiger partial charge in [0.1, 0.15) is 23.7 Å². The molecule has 0 saturated heterocycles. The summed E-state index contributed by atoms with van der Waals surface area (Å²) in [5, 5.41) is 11.5. The number of carboxylic acid groups (broad SMARTS) is 1. The molecule has 7 heteroatoms. The highest BCUT2D eigenvalue weighted by atomic mass is 19.1. The molecule has 1 amide bonds. The molecular formula is C16H16FNO5. The summed E-state index contributed by atoms with van der Waals surface area (Å²) in [6.07, 6.45) is 0.916. The van der Waals surface area contributed by atoms with Crippen molar-refractivity contribution in [3.8, 4) is 5.75 Å². The predicted octanol–water partition coefficient (Wildman–Crippen LogP) is 3.01. The van der Waals surface area contributed by atoms with Crippen molar-refractivity contribution >= 4 is 17.6 Å². The van der Waals surface area contributed by atoms with E-state index >= 15 is 0 Å². The normalized spacial score (nSPS) is 10.4. The second kappa shape index (κ2) is 6.95. The summed E-state index contributed by atoms with van der Waals surface area (Å²) in [5.74, 6) is -1.88. The molecule has 0 radical (unpaired) electrons. The van der Waals surface area contributed by atoms with Crippen molar-refractivity contribution in [1.29, 1.82) is 0 Å². The van der Waals surface area contributed by atoms with Crippen molar-refractivity contribution < 1.29 is 28.2 Å². The molecule has 2 N–H and O–H groups in total. The zero-order chi connectivity index (χ0) is 17.0. The number of hydrogen-bond donors (Lipinski definition) is 2. The van der Waals surface area contributed by atoms with Gasteiger partial charge in [-0.2, -0.15) is 0 Å². The van der Waals surface area contributed by atoms with E-state index in [2.05, 4.69) is 5.32 Å². The van der Waals surface area contributed by atoms with Gasteiger partial charge in [-0.3, -0.25) is 9.59 Å². The molecule has 2 aromatic rings. The molecule has 0 saturated carbocycles. The minimum Gasteiger partial charge on any atom is -0.492 e. The molecule has 0 bridgehead atoms. The number of carbonyl (C=O) groups is 2. The van der Waals surface area contributed by atoms with Crippen molar-refractivity contribution in [1.82, 2.24) is 0 Å². The fraction of sp³-hybridized carbons (Fsp3) is 0.250. The number of benzene rings is 1. The smallest absolute Gasteiger partial charge is 0.311 e. The number of hydrogen-bond acceptors (Lipinski definition) is 4. The van der Waals surface area contributed by atoms with Gasteiger partial charge in [0.25, 0.3) is 5.91 Å². The van der Waals surface area contributed by atoms with Crippen LogP contribution in [-0.4, -0.2) is 23.6 Å². The van der Waals surface area contributed by atoms with Crippen LogP contribution in [0.3, 0.4) is 0 Å². The molecule has 0 aliphatic carbocycles. The van der Waals surface area contributed by atoms with E-state index < -0.39 is 24.1 Å². The summed E-state index contributed by atoms with van der Waals surface area (Å²) in [7, 11) is 0. The average Bonchev–Trinajstić information content (AvgIpc) is 2.82. The number of furan rings is 1. The van der Waals surface area contributed by atoms with Gasteiger partial charge in [-0.05, 0) is 26.0 Å². The number of aliphatic carboxylic acids is 1. The summed E-state index contributed by atoms with van der Waals surface area (Å²) in [6.45, 7) is 3.68. The first-order valence-corrected chi connectivity index (χ1v) is 6.94. The van der Waals surface area contributed by atoms with Crippen LogP contribution in [0.25, 0.3) is 0 Å². The molecule has 0 unspecified atom stereocenters. The molecule has 23 heavy (non-hydrogen) atoms. The Morgan fingerprint density at radius 1 is 1.39 bits per heavy atom. The highest BCUT2D eigenvalue weighted by Gasteiger charge is 2.21. The molecule has 1 heterocycles. The number of amides is 1. The largest absolute Gasteiger partial charge is 0.492 e. The van der Waals surface area contributed by atoms with Gasteiger partial charge in [0.15, 0.2) is 0 Å². The van der Waals surface area contributed by atoms with Crippen LogP contribution in [0.2, 0.25) is 0 Å². The van der Waals surface area contributed by atoms with Gasteiger partial charge >= 0.3 is 5.97 Å². The van der Waals surface area contributed by atoms with E-state index in [0.717, 1.165) is 0 Å². The molecule has 1 aromatic carbocycles. The van der Waals surface area contributed by atoms with Crippen LogP contribution >= 0.6 is 0 Å². The lowest BCUT2D eigenvalue weighted by molar-refractivity contribution is -0.136. The summed E-state index contributed by atoms with van der Waals surface area (Å²) in [5.41, 5.74) is 0.957. The Morgan fingerprint density at radius 2 is 2.13 bits per heavy atom. The number of nitrogens with one attached hydrogen (secondary N) is 1. The van der Waals surface area contributed by atoms with E-state index in [1.165, 1.54) is 24.5 Å². The van der Waals surface area contributed by atoms with Gasteiger partial charge in [-0.1, -0.05) is 0 Å². The Morgan fingerprint density at radius 3 is 2.78 bits per heavy atom. The fourth-order valence-electron chi connectivity index (χ4n) is 2.13. The first-order valence-electron chi connectivity index (χ1n) is 6.94. The van der Waals surface area contributed by atoms with Crippen LogP contribution in [0.15, 0.2) is 28.9 Å². The van der Waals surface area contributed by atoms with Crippen molar-refractivity contribution in [2.75, 3.05) is 11.9 Å². The van der Waals surface area contributed by atoms with Gasteiger partial charge in [-0.25, -0.2) is 4.39 Å². The van der Waals surface area contributed by atoms with Gasteiger partial charge in [0.2, 0.25) is 0 Å². The Balaban J connectivity index is 2.29. The Hall–Kier alpha value is -2.83. The van der Waals surface area contributed by atoms with Crippen LogP contribution in [0.5, 0.6) is 5.75 Å². The van der Waals surface area contributed by atoms with Gasteiger partial charge in [0.05, 0.1) is 24.1 Å². The van der Waals surface area contributed by atoms with E-state index in [0.29, 0.717) is 17.9 Å². The highest BCUT2D eigenvalue weighted by Crippen LogP contribution is 2.27. The zero-order valence-electron chi connectivity index (χ0n) is 12.7. The lowest BCUT2D eigenvalue weighted by atomic mass is 10.1. The molecular weight excluding hydrogens is 305 g/mol. The van der Waals surface area contributed by atoms with E-state index in [1.54, 1.807) is 13.8 Å². The Kier molecular flexibility index (Phi) is 5.00. The number of carboxylic acids is 1. The third-order valence-electron chi connectivity index (χ3n) is 3.08. The summed E-state index contributed by atoms with van der Waals surface area (Å²) in [6, 6.07) is 3.74. The molecule has 1 aromatic heterocycles. The second-order valence-electron chi connectivity index (χ2n) is 4.82. The summed E-state index contributed by atoms with van der Waals surface area (Å²) < 4.78 is 23.7. The molecule has 0 aliphatic heterocycles. The lowest BCUT2D eigenvalue weighted by Gasteiger charge is -2.12. The highest BCUT2D eigenvalue weighted by molar-refractivity contribution is 6.07. The number of aryl methyl sites for hydroxylation is 1. The maximum Gasteiger partial charge on any atom is 0.311 e. The SMILES string of the molecule is CCOc1cc(F)ccc1NC(=O)c1c(C)coc1CC(=O)O. The van der Waals surface area contributed by atoms with Crippen LogP contribution in [0, 0.1) is 12.7 Å². The number of anilines is 1. The molecule has 2 rings (SSSR count). The minimum absolute atomic E-state index is 0.0626. The zero-order valence-corrected chi connectivity index (χ0v) is 12.7. The molecule has 0 aliphatic rings. The van der Waals surface area contributed by atoms with Crippen molar-refractivity contribution in [2.24, 2.45) is 0 Å². The standard InChI is InChI=1S/C16H16FNO5/c1-3-22-12-6-10(17)4-5-11(12)18-16(21)15-9(2)8-23-13(15)7-14(19)20/h4-6,8H,3,7H2,1-2H3,(H,18,21)(H,19,20). The monoisotopic (exact) mass is 321 g/mol. The van der Waals surface area contributed by atoms with Gasteiger partial charge < -0.3 is 19.6 Å². The van der Waals surface area contributed by atoms with Crippen molar-refractivity contribution in [2.45, 2.75) is 20.3 Å². The fourth-order valence-corrected chi connectivity index (χ4v) is 2.13. The molecule has 0 spiro atoms. The van der Waals surface area contributed by atoms with E-state index in [4.69, 9.17) is 14.3 Å². The number of rotatable bonds is 6. The summed E-state index contributed by atoms with van der Waals surface area (Å²) >= 11 is 0. The molecule has 6 nitrogen and oxygen atoms in total. The summed E-state index contributed by atoms with van der Waals surface area (Å²) in [4.78, 5) is 23.3. The van der Waals surface area contributed by atoms with E-state index in [1.807, 2.05) is 0 Å². The predicted molar refractivity (Wildman–Crippen MR) is 80.3 cm³/mol. The molecule has 0 atom stereocenters. The van der Waals surface area contributed by atoms with Gasteiger partial charge in [0, 0.05) is 11.6 Å². The topological polar surface area (TPSA) is 88.8 Å².